The maximum Gasteiger partial charge on any atom is 0.307 e. The Morgan fingerprint density at radius 2 is 2.23 bits per heavy atom. The van der Waals surface area contributed by atoms with E-state index < -0.39 is 11.9 Å². The minimum Gasteiger partial charge on any atom is -0.481 e. The number of amides is 1. The second kappa shape index (κ2) is 8.72. The number of carboxylic acid groups (broad SMARTS) is 1. The van der Waals surface area contributed by atoms with Gasteiger partial charge in [0, 0.05) is 24.2 Å². The van der Waals surface area contributed by atoms with Crippen LogP contribution in [0.5, 0.6) is 0 Å². The quantitative estimate of drug-likeness (QED) is 0.616. The number of nitrogens with one attached hydrogen (secondary N) is 1. The first-order valence-corrected chi connectivity index (χ1v) is 10.5. The van der Waals surface area contributed by atoms with Crippen LogP contribution in [0.3, 0.4) is 0 Å². The first kappa shape index (κ1) is 20.2. The Balaban J connectivity index is 1.53. The van der Waals surface area contributed by atoms with E-state index in [-0.39, 0.29) is 12.5 Å². The zero-order valence-electron chi connectivity index (χ0n) is 16.4. The van der Waals surface area contributed by atoms with Crippen molar-refractivity contribution < 1.29 is 19.1 Å². The van der Waals surface area contributed by atoms with E-state index in [9.17, 15) is 14.7 Å². The molecule has 1 fully saturated rings. The van der Waals surface area contributed by atoms with Gasteiger partial charge in [0.1, 0.15) is 22.3 Å². The second-order valence-electron chi connectivity index (χ2n) is 7.17. The summed E-state index contributed by atoms with van der Waals surface area (Å²) in [6.45, 7) is 3.01. The highest BCUT2D eigenvalue weighted by molar-refractivity contribution is 7.13. The Labute approximate surface area is 176 Å². The number of carbonyl (C=O) groups excluding carboxylic acids is 1. The SMILES string of the molecule is Cc1ccc(-c2nc(NC(=O)CN3CCCC(C(=O)O)C3)cc(-c3nccs3)n2)o1. The van der Waals surface area contributed by atoms with E-state index in [0.29, 0.717) is 47.6 Å². The van der Waals surface area contributed by atoms with Gasteiger partial charge in [-0.05, 0) is 38.4 Å². The van der Waals surface area contributed by atoms with Crippen molar-refractivity contribution >= 4 is 29.0 Å². The van der Waals surface area contributed by atoms with Crippen LogP contribution in [-0.4, -0.2) is 56.5 Å². The molecule has 1 atom stereocenters. The maximum absolute atomic E-state index is 12.6. The first-order chi connectivity index (χ1) is 14.5. The Morgan fingerprint density at radius 1 is 1.37 bits per heavy atom. The number of hydrogen-bond acceptors (Lipinski definition) is 8. The van der Waals surface area contributed by atoms with E-state index in [4.69, 9.17) is 4.42 Å². The molecule has 1 saturated heterocycles. The molecular formula is C20H21N5O4S. The summed E-state index contributed by atoms with van der Waals surface area (Å²) in [4.78, 5) is 39.0. The molecule has 0 aromatic carbocycles. The molecule has 1 aliphatic heterocycles. The van der Waals surface area contributed by atoms with Crippen molar-refractivity contribution in [3.63, 3.8) is 0 Å². The number of anilines is 1. The number of piperidine rings is 1. The predicted octanol–water partition coefficient (Wildman–Crippen LogP) is 2.90. The van der Waals surface area contributed by atoms with Crippen LogP contribution in [0.1, 0.15) is 18.6 Å². The molecule has 1 amide bonds. The van der Waals surface area contributed by atoms with Crippen molar-refractivity contribution in [1.29, 1.82) is 0 Å². The molecule has 10 heteroatoms. The summed E-state index contributed by atoms with van der Waals surface area (Å²) in [6, 6.07) is 5.27. The van der Waals surface area contributed by atoms with E-state index in [1.165, 1.54) is 11.3 Å². The molecule has 0 bridgehead atoms. The number of nitrogens with zero attached hydrogens (tertiary/aromatic N) is 4. The molecule has 0 spiro atoms. The van der Waals surface area contributed by atoms with E-state index >= 15 is 0 Å². The molecule has 2 N–H and O–H groups in total. The molecule has 30 heavy (non-hydrogen) atoms. The lowest BCUT2D eigenvalue weighted by molar-refractivity contribution is -0.144. The van der Waals surface area contributed by atoms with Crippen molar-refractivity contribution in [1.82, 2.24) is 19.9 Å². The molecule has 3 aromatic heterocycles. The van der Waals surface area contributed by atoms with Gasteiger partial charge in [0.15, 0.2) is 11.6 Å². The number of rotatable bonds is 6. The molecule has 1 aliphatic rings. The lowest BCUT2D eigenvalue weighted by Crippen LogP contribution is -2.42. The zero-order chi connectivity index (χ0) is 21.1. The fraction of sp³-hybridized carbons (Fsp3) is 0.350. The van der Waals surface area contributed by atoms with Crippen LogP contribution in [0.15, 0.2) is 34.2 Å². The third kappa shape index (κ3) is 4.71. The summed E-state index contributed by atoms with van der Waals surface area (Å²) in [5.74, 6) is 0.425. The van der Waals surface area contributed by atoms with Gasteiger partial charge in [-0.15, -0.1) is 11.3 Å². The summed E-state index contributed by atoms with van der Waals surface area (Å²) < 4.78 is 5.64. The molecule has 0 aliphatic carbocycles. The second-order valence-corrected chi connectivity index (χ2v) is 8.06. The average molecular weight is 427 g/mol. The van der Waals surface area contributed by atoms with Crippen LogP contribution in [0.4, 0.5) is 5.82 Å². The van der Waals surface area contributed by atoms with Crippen LogP contribution in [0, 0.1) is 12.8 Å². The van der Waals surface area contributed by atoms with Crippen molar-refractivity contribution in [2.75, 3.05) is 25.0 Å². The van der Waals surface area contributed by atoms with Gasteiger partial charge in [0.05, 0.1) is 12.5 Å². The zero-order valence-corrected chi connectivity index (χ0v) is 17.2. The van der Waals surface area contributed by atoms with Crippen LogP contribution in [0.25, 0.3) is 22.3 Å². The van der Waals surface area contributed by atoms with E-state index in [0.717, 1.165) is 12.2 Å². The number of carbonyl (C=O) groups is 2. The van der Waals surface area contributed by atoms with Crippen LogP contribution in [-0.2, 0) is 9.59 Å². The number of furan rings is 1. The van der Waals surface area contributed by atoms with Gasteiger partial charge >= 0.3 is 5.97 Å². The average Bonchev–Trinajstić information content (AvgIpc) is 3.40. The Bertz CT molecular complexity index is 1050. The molecule has 0 radical (unpaired) electrons. The normalized spacial score (nSPS) is 17.0. The van der Waals surface area contributed by atoms with Crippen molar-refractivity contribution in [3.05, 3.63) is 35.5 Å². The van der Waals surface area contributed by atoms with Gasteiger partial charge in [-0.3, -0.25) is 14.5 Å². The maximum atomic E-state index is 12.6. The van der Waals surface area contributed by atoms with E-state index in [2.05, 4.69) is 20.3 Å². The third-order valence-electron chi connectivity index (χ3n) is 4.83. The van der Waals surface area contributed by atoms with Gasteiger partial charge < -0.3 is 14.8 Å². The van der Waals surface area contributed by atoms with Crippen LogP contribution >= 0.6 is 11.3 Å². The highest BCUT2D eigenvalue weighted by Gasteiger charge is 2.26. The predicted molar refractivity (Wildman–Crippen MR) is 111 cm³/mol. The Hall–Kier alpha value is -3.11. The number of likely N-dealkylation sites (tertiary alicyclic amines) is 1. The summed E-state index contributed by atoms with van der Waals surface area (Å²) in [5, 5.41) is 14.6. The van der Waals surface area contributed by atoms with Crippen LogP contribution < -0.4 is 5.32 Å². The largest absolute Gasteiger partial charge is 0.481 e. The lowest BCUT2D eigenvalue weighted by atomic mass is 9.98. The fourth-order valence-corrected chi connectivity index (χ4v) is 4.02. The van der Waals surface area contributed by atoms with Crippen LogP contribution in [0.2, 0.25) is 0 Å². The molecule has 0 saturated carbocycles. The smallest absolute Gasteiger partial charge is 0.307 e. The molecule has 9 nitrogen and oxygen atoms in total. The monoisotopic (exact) mass is 427 g/mol. The molecule has 4 heterocycles. The van der Waals surface area contributed by atoms with Gasteiger partial charge in [-0.1, -0.05) is 0 Å². The van der Waals surface area contributed by atoms with E-state index in [1.807, 2.05) is 23.3 Å². The minimum absolute atomic E-state index is 0.107. The van der Waals surface area contributed by atoms with Crippen molar-refractivity contribution in [2.24, 2.45) is 5.92 Å². The molecule has 156 valence electrons. The number of hydrogen-bond donors (Lipinski definition) is 2. The van der Waals surface area contributed by atoms with Crippen molar-refractivity contribution in [2.45, 2.75) is 19.8 Å². The van der Waals surface area contributed by atoms with Gasteiger partial charge in [0.25, 0.3) is 0 Å². The fourth-order valence-electron chi connectivity index (χ4n) is 3.42. The highest BCUT2D eigenvalue weighted by Crippen LogP contribution is 2.27. The third-order valence-corrected chi connectivity index (χ3v) is 5.62. The number of aryl methyl sites for hydroxylation is 1. The standard InChI is InChI=1S/C20H21N5O4S/c1-12-4-5-15(29-12)18-22-14(19-21-6-8-30-19)9-16(24-18)23-17(26)11-25-7-2-3-13(10-25)20(27)28/h4-6,8-9,13H,2-3,7,10-11H2,1H3,(H,27,28)(H,22,23,24,26). The number of carboxylic acids is 1. The van der Waals surface area contributed by atoms with Crippen molar-refractivity contribution in [3.8, 4) is 22.3 Å². The summed E-state index contributed by atoms with van der Waals surface area (Å²) in [5.41, 5.74) is 0.586. The number of aliphatic carboxylic acids is 1. The lowest BCUT2D eigenvalue weighted by Gasteiger charge is -2.29. The summed E-state index contributed by atoms with van der Waals surface area (Å²) in [7, 11) is 0. The summed E-state index contributed by atoms with van der Waals surface area (Å²) in [6.07, 6.45) is 3.09. The highest BCUT2D eigenvalue weighted by atomic mass is 32.1. The Kier molecular flexibility index (Phi) is 5.86. The molecule has 3 aromatic rings. The Morgan fingerprint density at radius 3 is 2.93 bits per heavy atom. The minimum atomic E-state index is -0.817. The number of thiazole rings is 1. The van der Waals surface area contributed by atoms with Gasteiger partial charge in [-0.25, -0.2) is 15.0 Å². The summed E-state index contributed by atoms with van der Waals surface area (Å²) >= 11 is 1.44. The molecule has 4 rings (SSSR count). The molecular weight excluding hydrogens is 406 g/mol. The van der Waals surface area contributed by atoms with E-state index in [1.54, 1.807) is 18.3 Å². The first-order valence-electron chi connectivity index (χ1n) is 9.58. The van der Waals surface area contributed by atoms with Gasteiger partial charge in [-0.2, -0.15) is 0 Å². The number of aromatic nitrogens is 3. The van der Waals surface area contributed by atoms with Gasteiger partial charge in [0.2, 0.25) is 5.91 Å². The topological polar surface area (TPSA) is 121 Å². The molecule has 1 unspecified atom stereocenters.